The molecule has 1 fully saturated rings. The van der Waals surface area contributed by atoms with E-state index in [9.17, 15) is 4.79 Å². The number of hydrogen-bond donors (Lipinski definition) is 0. The number of rotatable bonds is 4. The normalized spacial score (nSPS) is 16.3. The Kier molecular flexibility index (Phi) is 6.16. The molecule has 0 radical (unpaired) electrons. The van der Waals surface area contributed by atoms with Crippen LogP contribution >= 0.6 is 11.6 Å². The SMILES string of the molecule is Cc1cccc(C(=O)N2CCCN(C(C)c3nnc(-c4cccc(Cl)c4)o3)CC2)c1. The van der Waals surface area contributed by atoms with E-state index in [1.807, 2.05) is 60.4 Å². The molecular weight excluding hydrogens is 400 g/mol. The smallest absolute Gasteiger partial charge is 0.253 e. The van der Waals surface area contributed by atoms with Crippen molar-refractivity contribution in [2.45, 2.75) is 26.3 Å². The van der Waals surface area contributed by atoms with E-state index in [4.69, 9.17) is 16.0 Å². The van der Waals surface area contributed by atoms with E-state index in [2.05, 4.69) is 22.0 Å². The summed E-state index contributed by atoms with van der Waals surface area (Å²) in [6.45, 7) is 7.11. The highest BCUT2D eigenvalue weighted by Crippen LogP contribution is 2.26. The summed E-state index contributed by atoms with van der Waals surface area (Å²) >= 11 is 6.07. The van der Waals surface area contributed by atoms with Crippen LogP contribution in [0.25, 0.3) is 11.5 Å². The van der Waals surface area contributed by atoms with Gasteiger partial charge in [0.05, 0.1) is 6.04 Å². The summed E-state index contributed by atoms with van der Waals surface area (Å²) in [5.41, 5.74) is 2.65. The first kappa shape index (κ1) is 20.6. The number of aromatic nitrogens is 2. The second-order valence-electron chi connectivity index (χ2n) is 7.68. The Bertz CT molecular complexity index is 1040. The first-order valence-corrected chi connectivity index (χ1v) is 10.6. The lowest BCUT2D eigenvalue weighted by molar-refractivity contribution is 0.0757. The number of halogens is 1. The van der Waals surface area contributed by atoms with Crippen molar-refractivity contribution in [1.82, 2.24) is 20.0 Å². The van der Waals surface area contributed by atoms with E-state index >= 15 is 0 Å². The van der Waals surface area contributed by atoms with E-state index in [0.717, 1.165) is 42.7 Å². The predicted octanol–water partition coefficient (Wildman–Crippen LogP) is 4.61. The van der Waals surface area contributed by atoms with Crippen LogP contribution in [0, 0.1) is 6.92 Å². The minimum atomic E-state index is -0.0283. The zero-order valence-corrected chi connectivity index (χ0v) is 18.0. The van der Waals surface area contributed by atoms with Crippen LogP contribution in [0.4, 0.5) is 0 Å². The van der Waals surface area contributed by atoms with Gasteiger partial charge in [-0.1, -0.05) is 35.4 Å². The van der Waals surface area contributed by atoms with Gasteiger partial charge >= 0.3 is 0 Å². The molecule has 1 aliphatic heterocycles. The molecule has 1 unspecified atom stereocenters. The number of carbonyl (C=O) groups excluding carboxylic acids is 1. The number of benzene rings is 2. The van der Waals surface area contributed by atoms with E-state index in [1.165, 1.54) is 0 Å². The van der Waals surface area contributed by atoms with Crippen LogP contribution in [-0.2, 0) is 0 Å². The standard InChI is InChI=1S/C23H25ClN4O2/c1-16-6-3-8-19(14-16)23(29)28-11-5-10-27(12-13-28)17(2)21-25-26-22(30-21)18-7-4-9-20(24)15-18/h3-4,6-9,14-15,17H,5,10-13H2,1-2H3. The van der Waals surface area contributed by atoms with Crippen LogP contribution in [0.3, 0.4) is 0 Å². The van der Waals surface area contributed by atoms with Crippen LogP contribution in [-0.4, -0.2) is 52.1 Å². The van der Waals surface area contributed by atoms with Gasteiger partial charge in [-0.2, -0.15) is 0 Å². The van der Waals surface area contributed by atoms with Crippen molar-refractivity contribution in [2.24, 2.45) is 0 Å². The van der Waals surface area contributed by atoms with Gasteiger partial charge < -0.3 is 9.32 Å². The molecule has 4 rings (SSSR count). The summed E-state index contributed by atoms with van der Waals surface area (Å²) < 4.78 is 5.93. The first-order chi connectivity index (χ1) is 14.5. The molecule has 2 heterocycles. The van der Waals surface area contributed by atoms with Crippen LogP contribution in [0.1, 0.15) is 41.2 Å². The number of amides is 1. The van der Waals surface area contributed by atoms with Crippen molar-refractivity contribution in [3.63, 3.8) is 0 Å². The van der Waals surface area contributed by atoms with Crippen LogP contribution in [0.15, 0.2) is 52.9 Å². The molecule has 1 atom stereocenters. The Balaban J connectivity index is 1.42. The lowest BCUT2D eigenvalue weighted by atomic mass is 10.1. The third-order valence-electron chi connectivity index (χ3n) is 5.50. The number of aryl methyl sites for hydroxylation is 1. The van der Waals surface area contributed by atoms with Gasteiger partial charge in [0.25, 0.3) is 5.91 Å². The Morgan fingerprint density at radius 1 is 1.07 bits per heavy atom. The molecule has 1 amide bonds. The third kappa shape index (κ3) is 4.55. The van der Waals surface area contributed by atoms with Gasteiger partial charge in [0.1, 0.15) is 0 Å². The molecule has 0 aliphatic carbocycles. The molecule has 1 aromatic heterocycles. The second-order valence-corrected chi connectivity index (χ2v) is 8.12. The van der Waals surface area contributed by atoms with Gasteiger partial charge in [0.2, 0.25) is 11.8 Å². The van der Waals surface area contributed by atoms with Gasteiger partial charge in [-0.05, 0) is 50.6 Å². The topological polar surface area (TPSA) is 62.5 Å². The number of nitrogens with zero attached hydrogens (tertiary/aromatic N) is 4. The maximum absolute atomic E-state index is 12.9. The van der Waals surface area contributed by atoms with Crippen LogP contribution in [0.5, 0.6) is 0 Å². The molecule has 0 bridgehead atoms. The van der Waals surface area contributed by atoms with Crippen LogP contribution in [0.2, 0.25) is 5.02 Å². The van der Waals surface area contributed by atoms with E-state index < -0.39 is 0 Å². The van der Waals surface area contributed by atoms with Crippen LogP contribution < -0.4 is 0 Å². The fourth-order valence-electron chi connectivity index (χ4n) is 3.79. The lowest BCUT2D eigenvalue weighted by Crippen LogP contribution is -2.36. The first-order valence-electron chi connectivity index (χ1n) is 10.2. The molecule has 2 aromatic carbocycles. The molecule has 1 aliphatic rings. The highest BCUT2D eigenvalue weighted by molar-refractivity contribution is 6.30. The predicted molar refractivity (Wildman–Crippen MR) is 116 cm³/mol. The van der Waals surface area contributed by atoms with Crippen molar-refractivity contribution in [3.8, 4) is 11.5 Å². The lowest BCUT2D eigenvalue weighted by Gasteiger charge is -2.25. The molecule has 7 heteroatoms. The van der Waals surface area contributed by atoms with E-state index in [1.54, 1.807) is 0 Å². The zero-order valence-electron chi connectivity index (χ0n) is 17.2. The van der Waals surface area contributed by atoms with Gasteiger partial charge in [0, 0.05) is 42.3 Å². The molecular formula is C23H25ClN4O2. The largest absolute Gasteiger partial charge is 0.419 e. The Labute approximate surface area is 181 Å². The zero-order chi connectivity index (χ0) is 21.1. The maximum Gasteiger partial charge on any atom is 0.253 e. The summed E-state index contributed by atoms with van der Waals surface area (Å²) in [6.07, 6.45) is 0.900. The molecule has 0 spiro atoms. The van der Waals surface area contributed by atoms with E-state index in [-0.39, 0.29) is 11.9 Å². The average Bonchev–Trinajstić information content (AvgIpc) is 3.11. The fourth-order valence-corrected chi connectivity index (χ4v) is 3.98. The highest BCUT2D eigenvalue weighted by atomic mass is 35.5. The number of hydrogen-bond acceptors (Lipinski definition) is 5. The van der Waals surface area contributed by atoms with Gasteiger partial charge in [-0.15, -0.1) is 10.2 Å². The molecule has 1 saturated heterocycles. The summed E-state index contributed by atoms with van der Waals surface area (Å²) in [4.78, 5) is 17.1. The van der Waals surface area contributed by atoms with Crippen molar-refractivity contribution in [1.29, 1.82) is 0 Å². The minimum absolute atomic E-state index is 0.0283. The highest BCUT2D eigenvalue weighted by Gasteiger charge is 2.26. The van der Waals surface area contributed by atoms with Crippen molar-refractivity contribution in [2.75, 3.05) is 26.2 Å². The molecule has 0 N–H and O–H groups in total. The van der Waals surface area contributed by atoms with Crippen molar-refractivity contribution in [3.05, 3.63) is 70.6 Å². The Morgan fingerprint density at radius 2 is 1.90 bits per heavy atom. The summed E-state index contributed by atoms with van der Waals surface area (Å²) in [5.74, 6) is 1.13. The second kappa shape index (κ2) is 8.98. The minimum Gasteiger partial charge on any atom is -0.419 e. The monoisotopic (exact) mass is 424 g/mol. The number of carbonyl (C=O) groups is 1. The maximum atomic E-state index is 12.9. The third-order valence-corrected chi connectivity index (χ3v) is 5.74. The molecule has 156 valence electrons. The van der Waals surface area contributed by atoms with Crippen molar-refractivity contribution >= 4 is 17.5 Å². The van der Waals surface area contributed by atoms with E-state index in [0.29, 0.717) is 23.3 Å². The molecule has 6 nitrogen and oxygen atoms in total. The quantitative estimate of drug-likeness (QED) is 0.612. The Hall–Kier alpha value is -2.70. The summed E-state index contributed by atoms with van der Waals surface area (Å²) in [7, 11) is 0. The summed E-state index contributed by atoms with van der Waals surface area (Å²) in [5, 5.41) is 9.08. The van der Waals surface area contributed by atoms with Crippen molar-refractivity contribution < 1.29 is 9.21 Å². The van der Waals surface area contributed by atoms with Gasteiger partial charge in [-0.25, -0.2) is 0 Å². The fraction of sp³-hybridized carbons (Fsp3) is 0.348. The molecule has 3 aromatic rings. The molecule has 0 saturated carbocycles. The van der Waals surface area contributed by atoms with Gasteiger partial charge in [-0.3, -0.25) is 9.69 Å². The summed E-state index contributed by atoms with van der Waals surface area (Å²) in [6, 6.07) is 15.1. The average molecular weight is 425 g/mol. The van der Waals surface area contributed by atoms with Gasteiger partial charge in [0.15, 0.2) is 0 Å². The molecule has 30 heavy (non-hydrogen) atoms. The Morgan fingerprint density at radius 3 is 2.70 bits per heavy atom.